The maximum Gasteiger partial charge on any atom is 0.243 e. The van der Waals surface area contributed by atoms with Crippen molar-refractivity contribution >= 4 is 37.6 Å². The summed E-state index contributed by atoms with van der Waals surface area (Å²) in [4.78, 5) is -0.550. The number of halogens is 3. The minimum atomic E-state index is -4.02. The molecule has 4 nitrogen and oxygen atoms in total. The van der Waals surface area contributed by atoms with Crippen LogP contribution in [0.5, 0.6) is 0 Å². The zero-order valence-corrected chi connectivity index (χ0v) is 11.9. The van der Waals surface area contributed by atoms with Gasteiger partial charge in [-0.2, -0.15) is 0 Å². The molecule has 2 N–H and O–H groups in total. The molecule has 0 saturated heterocycles. The number of aliphatic hydroxyl groups is 1. The van der Waals surface area contributed by atoms with E-state index in [0.717, 1.165) is 12.1 Å². The molecule has 0 aliphatic rings. The van der Waals surface area contributed by atoms with Crippen LogP contribution in [-0.4, -0.2) is 26.2 Å². The molecule has 8 heteroatoms. The fourth-order valence-electron chi connectivity index (χ4n) is 1.02. The minimum Gasteiger partial charge on any atom is -0.392 e. The predicted molar refractivity (Wildman–Crippen MR) is 66.0 cm³/mol. The molecule has 1 aromatic carbocycles. The average Bonchev–Trinajstić information content (AvgIpc) is 2.20. The Morgan fingerprint density at radius 1 is 1.59 bits per heavy atom. The van der Waals surface area contributed by atoms with E-state index in [9.17, 15) is 12.8 Å². The molecule has 0 aromatic heterocycles. The van der Waals surface area contributed by atoms with Crippen molar-refractivity contribution < 1.29 is 17.9 Å². The molecule has 0 amide bonds. The summed E-state index contributed by atoms with van der Waals surface area (Å²) in [7, 11) is -4.02. The van der Waals surface area contributed by atoms with Gasteiger partial charge in [-0.05, 0) is 35.0 Å². The van der Waals surface area contributed by atoms with Crippen molar-refractivity contribution in [2.75, 3.05) is 6.54 Å². The average molecular weight is 347 g/mol. The highest BCUT2D eigenvalue weighted by Crippen LogP contribution is 2.27. The molecule has 96 valence electrons. The molecule has 0 fully saturated rings. The molecule has 0 radical (unpaired) electrons. The van der Waals surface area contributed by atoms with Crippen molar-refractivity contribution in [2.45, 2.75) is 17.9 Å². The van der Waals surface area contributed by atoms with Crippen molar-refractivity contribution in [3.63, 3.8) is 0 Å². The van der Waals surface area contributed by atoms with Crippen molar-refractivity contribution in [3.05, 3.63) is 27.4 Å². The standard InChI is InChI=1S/C9H10BrClFNO3S/c1-5(14)4-13-17(15,16)9-3-7(11)6(10)2-8(9)12/h2-3,5,13-14H,4H2,1H3/t5-/m1/s1. The van der Waals surface area contributed by atoms with Crippen LogP contribution in [0, 0.1) is 5.82 Å². The van der Waals surface area contributed by atoms with Crippen LogP contribution in [0.1, 0.15) is 6.92 Å². The highest BCUT2D eigenvalue weighted by atomic mass is 79.9. The van der Waals surface area contributed by atoms with Gasteiger partial charge in [0.2, 0.25) is 10.0 Å². The lowest BCUT2D eigenvalue weighted by atomic mass is 10.3. The Labute approximate surface area is 112 Å². The summed E-state index contributed by atoms with van der Waals surface area (Å²) in [6.07, 6.45) is -0.862. The predicted octanol–water partition coefficient (Wildman–Crippen LogP) is 1.90. The normalized spacial score (nSPS) is 13.7. The van der Waals surface area contributed by atoms with Crippen LogP contribution >= 0.6 is 27.5 Å². The van der Waals surface area contributed by atoms with Crippen molar-refractivity contribution in [2.24, 2.45) is 0 Å². The third-order valence-corrected chi connectivity index (χ3v) is 4.47. The van der Waals surface area contributed by atoms with Crippen LogP contribution in [0.3, 0.4) is 0 Å². The maximum atomic E-state index is 13.5. The van der Waals surface area contributed by atoms with Crippen LogP contribution in [0.2, 0.25) is 5.02 Å². The molecule has 0 heterocycles. The highest BCUT2D eigenvalue weighted by molar-refractivity contribution is 9.10. The summed E-state index contributed by atoms with van der Waals surface area (Å²) < 4.78 is 39.2. The Balaban J connectivity index is 3.11. The van der Waals surface area contributed by atoms with Gasteiger partial charge in [0.05, 0.1) is 11.1 Å². The van der Waals surface area contributed by atoms with E-state index in [1.165, 1.54) is 6.92 Å². The van der Waals surface area contributed by atoms with Gasteiger partial charge >= 0.3 is 0 Å². The first kappa shape index (κ1) is 14.8. The molecule has 0 aliphatic heterocycles. The highest BCUT2D eigenvalue weighted by Gasteiger charge is 2.21. The van der Waals surface area contributed by atoms with Gasteiger partial charge in [-0.15, -0.1) is 0 Å². The number of hydrogen-bond acceptors (Lipinski definition) is 3. The number of nitrogens with one attached hydrogen (secondary N) is 1. The summed E-state index contributed by atoms with van der Waals surface area (Å²) in [6, 6.07) is 1.98. The van der Waals surface area contributed by atoms with E-state index >= 15 is 0 Å². The van der Waals surface area contributed by atoms with Gasteiger partial charge in [-0.25, -0.2) is 17.5 Å². The van der Waals surface area contributed by atoms with E-state index < -0.39 is 26.8 Å². The fraction of sp³-hybridized carbons (Fsp3) is 0.333. The minimum absolute atomic E-state index is 0.0869. The quantitative estimate of drug-likeness (QED) is 0.818. The summed E-state index contributed by atoms with van der Waals surface area (Å²) in [6.45, 7) is 1.21. The van der Waals surface area contributed by atoms with E-state index in [1.54, 1.807) is 0 Å². The number of rotatable bonds is 4. The van der Waals surface area contributed by atoms with E-state index in [2.05, 4.69) is 20.7 Å². The molecule has 0 spiro atoms. The van der Waals surface area contributed by atoms with E-state index in [4.69, 9.17) is 16.7 Å². The number of benzene rings is 1. The monoisotopic (exact) mass is 345 g/mol. The van der Waals surface area contributed by atoms with Gasteiger partial charge in [0.15, 0.2) is 0 Å². The van der Waals surface area contributed by atoms with Crippen LogP contribution in [0.15, 0.2) is 21.5 Å². The number of hydrogen-bond donors (Lipinski definition) is 2. The first-order valence-corrected chi connectivity index (χ1v) is 7.21. The fourth-order valence-corrected chi connectivity index (χ4v) is 2.77. The molecular formula is C9H10BrClFNO3S. The van der Waals surface area contributed by atoms with Gasteiger partial charge in [-0.1, -0.05) is 11.6 Å². The second-order valence-corrected chi connectivity index (χ2v) is 6.39. The molecule has 1 aromatic rings. The lowest BCUT2D eigenvalue weighted by Gasteiger charge is -2.10. The molecule has 0 saturated carbocycles. The van der Waals surface area contributed by atoms with Crippen molar-refractivity contribution in [3.8, 4) is 0 Å². The smallest absolute Gasteiger partial charge is 0.243 e. The number of aliphatic hydroxyl groups excluding tert-OH is 1. The molecule has 0 unspecified atom stereocenters. The maximum absolute atomic E-state index is 13.5. The lowest BCUT2D eigenvalue weighted by molar-refractivity contribution is 0.198. The van der Waals surface area contributed by atoms with Crippen LogP contribution in [0.4, 0.5) is 4.39 Å². The first-order valence-electron chi connectivity index (χ1n) is 4.56. The Morgan fingerprint density at radius 3 is 2.71 bits per heavy atom. The van der Waals surface area contributed by atoms with E-state index in [1.807, 2.05) is 0 Å². The van der Waals surface area contributed by atoms with Crippen molar-refractivity contribution in [1.29, 1.82) is 0 Å². The molecule has 0 aliphatic carbocycles. The molecule has 17 heavy (non-hydrogen) atoms. The Kier molecular flexibility index (Phi) is 4.91. The third kappa shape index (κ3) is 3.89. The third-order valence-electron chi connectivity index (χ3n) is 1.83. The summed E-state index contributed by atoms with van der Waals surface area (Å²) in [5, 5.41) is 9.06. The van der Waals surface area contributed by atoms with Crippen LogP contribution < -0.4 is 4.72 Å². The van der Waals surface area contributed by atoms with E-state index in [0.29, 0.717) is 0 Å². The summed E-state index contributed by atoms with van der Waals surface area (Å²) in [5.41, 5.74) is 0. The van der Waals surface area contributed by atoms with Crippen LogP contribution in [0.25, 0.3) is 0 Å². The Bertz CT molecular complexity index is 521. The van der Waals surface area contributed by atoms with Gasteiger partial charge in [0, 0.05) is 11.0 Å². The van der Waals surface area contributed by atoms with Crippen LogP contribution in [-0.2, 0) is 10.0 Å². The van der Waals surface area contributed by atoms with E-state index in [-0.39, 0.29) is 16.0 Å². The largest absolute Gasteiger partial charge is 0.392 e. The topological polar surface area (TPSA) is 66.4 Å². The first-order chi connectivity index (χ1) is 7.74. The van der Waals surface area contributed by atoms with Gasteiger partial charge in [0.25, 0.3) is 0 Å². The lowest BCUT2D eigenvalue weighted by Crippen LogP contribution is -2.31. The molecular weight excluding hydrogens is 337 g/mol. The molecule has 0 bridgehead atoms. The molecule has 1 atom stereocenters. The summed E-state index contributed by atoms with van der Waals surface area (Å²) in [5.74, 6) is -0.917. The van der Waals surface area contributed by atoms with Crippen molar-refractivity contribution in [1.82, 2.24) is 4.72 Å². The second kappa shape index (κ2) is 5.62. The number of sulfonamides is 1. The van der Waals surface area contributed by atoms with Gasteiger partial charge < -0.3 is 5.11 Å². The zero-order valence-electron chi connectivity index (χ0n) is 8.75. The molecule has 1 rings (SSSR count). The SMILES string of the molecule is C[C@@H](O)CNS(=O)(=O)c1cc(Cl)c(Br)cc1F. The zero-order chi connectivity index (χ0) is 13.2. The van der Waals surface area contributed by atoms with Gasteiger partial charge in [-0.3, -0.25) is 0 Å². The summed E-state index contributed by atoms with van der Waals surface area (Å²) >= 11 is 8.68. The Hall–Kier alpha value is -0.210. The second-order valence-electron chi connectivity index (χ2n) is 3.40. The Morgan fingerprint density at radius 2 is 2.18 bits per heavy atom. The van der Waals surface area contributed by atoms with Gasteiger partial charge in [0.1, 0.15) is 10.7 Å².